The van der Waals surface area contributed by atoms with Gasteiger partial charge in [-0.2, -0.15) is 27.8 Å². The van der Waals surface area contributed by atoms with E-state index in [2.05, 4.69) is 34.6 Å². The van der Waals surface area contributed by atoms with Gasteiger partial charge in [-0.25, -0.2) is 0 Å². The molecular formula is C12H23O2Ti-. The van der Waals surface area contributed by atoms with Gasteiger partial charge in [0.05, 0.1) is 0 Å². The molecule has 0 aliphatic heterocycles. The van der Waals surface area contributed by atoms with E-state index < -0.39 is 0 Å². The van der Waals surface area contributed by atoms with Crippen LogP contribution >= 0.6 is 0 Å². The Morgan fingerprint density at radius 2 is 0.933 bits per heavy atom. The van der Waals surface area contributed by atoms with Crippen LogP contribution in [0.25, 0.3) is 0 Å². The maximum atomic E-state index is 7.00. The summed E-state index contributed by atoms with van der Waals surface area (Å²) in [6.07, 6.45) is 0. The predicted molar refractivity (Wildman–Crippen MR) is 62.0 cm³/mol. The zero-order valence-electron chi connectivity index (χ0n) is 10.9. The van der Waals surface area contributed by atoms with E-state index in [0.29, 0.717) is 0 Å². The third kappa shape index (κ3) is 5.03. The number of hydrogen-bond acceptors (Lipinski definition) is 2. The Bertz CT molecular complexity index is 185. The molecule has 88 valence electrons. The maximum absolute atomic E-state index is 7.00. The van der Waals surface area contributed by atoms with Crippen molar-refractivity contribution in [1.29, 1.82) is 0 Å². The quantitative estimate of drug-likeness (QED) is 0.545. The smallest absolute Gasteiger partial charge is 0.0319 e. The molecule has 1 aromatic carbocycles. The molecule has 0 aliphatic rings. The SMILES string of the molecule is CO.CO.Cc1c(C)c(C)[c-](C)c1C.[Ti]. The number of aliphatic hydroxyl groups is 2. The topological polar surface area (TPSA) is 40.5 Å². The molecule has 0 aromatic heterocycles. The van der Waals surface area contributed by atoms with Gasteiger partial charge in [0.1, 0.15) is 0 Å². The molecule has 0 radical (unpaired) electrons. The Morgan fingerprint density at radius 1 is 0.733 bits per heavy atom. The van der Waals surface area contributed by atoms with Crippen molar-refractivity contribution < 1.29 is 31.9 Å². The van der Waals surface area contributed by atoms with Gasteiger partial charge >= 0.3 is 0 Å². The normalized spacial score (nSPS) is 7.80. The van der Waals surface area contributed by atoms with Gasteiger partial charge in [-0.05, 0) is 0 Å². The van der Waals surface area contributed by atoms with Crippen LogP contribution in [0.4, 0.5) is 0 Å². The average Bonchev–Trinajstić information content (AvgIpc) is 2.42. The number of hydrogen-bond donors (Lipinski definition) is 2. The summed E-state index contributed by atoms with van der Waals surface area (Å²) in [7, 11) is 2.00. The van der Waals surface area contributed by atoms with Gasteiger partial charge in [0, 0.05) is 35.9 Å². The van der Waals surface area contributed by atoms with Crippen molar-refractivity contribution in [3.05, 3.63) is 27.8 Å². The summed E-state index contributed by atoms with van der Waals surface area (Å²) in [6.45, 7) is 11.0. The summed E-state index contributed by atoms with van der Waals surface area (Å²) >= 11 is 0. The molecule has 0 spiro atoms. The van der Waals surface area contributed by atoms with E-state index in [1.165, 1.54) is 27.8 Å². The summed E-state index contributed by atoms with van der Waals surface area (Å²) in [4.78, 5) is 0. The first-order valence-corrected chi connectivity index (χ1v) is 4.64. The van der Waals surface area contributed by atoms with Crippen LogP contribution in [0.3, 0.4) is 0 Å². The second-order valence-corrected chi connectivity index (χ2v) is 3.12. The first-order valence-electron chi connectivity index (χ1n) is 4.64. The number of rotatable bonds is 0. The largest absolute Gasteiger partial charge is 0.400 e. The Hall–Kier alpha value is -0.0157. The monoisotopic (exact) mass is 247 g/mol. The first-order chi connectivity index (χ1) is 6.55. The Kier molecular flexibility index (Phi) is 14.3. The summed E-state index contributed by atoms with van der Waals surface area (Å²) in [5.41, 5.74) is 7.34. The molecule has 0 unspecified atom stereocenters. The second kappa shape index (κ2) is 10.5. The number of aliphatic hydroxyl groups excluding tert-OH is 2. The van der Waals surface area contributed by atoms with Gasteiger partial charge in [0.2, 0.25) is 0 Å². The minimum Gasteiger partial charge on any atom is -0.400 e. The standard InChI is InChI=1S/C10H15.2CH4O.Ti/c1-6-7(2)9(4)10(5)8(6)3;2*1-2;/h1-5H3;2*2H,1H3;/q-1;;;. The Labute approximate surface area is 109 Å². The van der Waals surface area contributed by atoms with Gasteiger partial charge < -0.3 is 10.2 Å². The molecule has 0 bridgehead atoms. The van der Waals surface area contributed by atoms with E-state index in [9.17, 15) is 0 Å². The fourth-order valence-electron chi connectivity index (χ4n) is 1.41. The van der Waals surface area contributed by atoms with E-state index >= 15 is 0 Å². The molecule has 1 aromatic rings. The molecule has 0 fully saturated rings. The van der Waals surface area contributed by atoms with Crippen molar-refractivity contribution >= 4 is 0 Å². The Balaban J connectivity index is -0.000000258. The predicted octanol–water partition coefficient (Wildman–Crippen LogP) is 2.16. The fraction of sp³-hybridized carbons (Fsp3) is 0.583. The zero-order valence-corrected chi connectivity index (χ0v) is 12.5. The van der Waals surface area contributed by atoms with E-state index in [-0.39, 0.29) is 21.7 Å². The van der Waals surface area contributed by atoms with Crippen molar-refractivity contribution in [2.45, 2.75) is 34.6 Å². The van der Waals surface area contributed by atoms with Gasteiger partial charge in [-0.3, -0.25) is 0 Å². The van der Waals surface area contributed by atoms with Crippen LogP contribution in [0.1, 0.15) is 27.8 Å². The Morgan fingerprint density at radius 3 is 1.00 bits per heavy atom. The molecule has 0 atom stereocenters. The molecule has 15 heavy (non-hydrogen) atoms. The van der Waals surface area contributed by atoms with Crippen LogP contribution in [-0.4, -0.2) is 24.4 Å². The summed E-state index contributed by atoms with van der Waals surface area (Å²) in [5.74, 6) is 0. The van der Waals surface area contributed by atoms with Crippen LogP contribution < -0.4 is 0 Å². The van der Waals surface area contributed by atoms with Gasteiger partial charge in [0.15, 0.2) is 0 Å². The van der Waals surface area contributed by atoms with Gasteiger partial charge in [0.25, 0.3) is 0 Å². The van der Waals surface area contributed by atoms with E-state index in [1.54, 1.807) is 0 Å². The van der Waals surface area contributed by atoms with Gasteiger partial charge in [-0.1, -0.05) is 34.6 Å². The summed E-state index contributed by atoms with van der Waals surface area (Å²) < 4.78 is 0. The molecular weight excluding hydrogens is 224 g/mol. The van der Waals surface area contributed by atoms with Crippen LogP contribution in [0.15, 0.2) is 0 Å². The molecule has 0 saturated carbocycles. The molecule has 0 heterocycles. The second-order valence-electron chi connectivity index (χ2n) is 3.12. The van der Waals surface area contributed by atoms with Crippen molar-refractivity contribution in [3.63, 3.8) is 0 Å². The summed E-state index contributed by atoms with van der Waals surface area (Å²) in [6, 6.07) is 0. The molecule has 0 amide bonds. The van der Waals surface area contributed by atoms with E-state index in [1.807, 2.05) is 0 Å². The molecule has 2 N–H and O–H groups in total. The third-order valence-electron chi connectivity index (χ3n) is 2.81. The van der Waals surface area contributed by atoms with Crippen molar-refractivity contribution in [2.24, 2.45) is 0 Å². The van der Waals surface area contributed by atoms with Crippen LogP contribution in [0.5, 0.6) is 0 Å². The molecule has 0 saturated heterocycles. The minimum atomic E-state index is 0. The average molecular weight is 247 g/mol. The van der Waals surface area contributed by atoms with Crippen LogP contribution in [0.2, 0.25) is 0 Å². The fourth-order valence-corrected chi connectivity index (χ4v) is 1.41. The molecule has 1 rings (SSSR count). The van der Waals surface area contributed by atoms with Crippen LogP contribution in [0, 0.1) is 34.6 Å². The van der Waals surface area contributed by atoms with Crippen molar-refractivity contribution in [3.8, 4) is 0 Å². The maximum Gasteiger partial charge on any atom is 0.0319 e. The van der Waals surface area contributed by atoms with Gasteiger partial charge in [-0.15, -0.1) is 0 Å². The summed E-state index contributed by atoms with van der Waals surface area (Å²) in [5, 5.41) is 14.0. The van der Waals surface area contributed by atoms with Crippen molar-refractivity contribution in [1.82, 2.24) is 0 Å². The third-order valence-corrected chi connectivity index (χ3v) is 2.81. The first kappa shape index (κ1) is 20.4. The zero-order chi connectivity index (χ0) is 11.9. The molecule has 0 aliphatic carbocycles. The minimum absolute atomic E-state index is 0. The van der Waals surface area contributed by atoms with E-state index in [0.717, 1.165) is 14.2 Å². The van der Waals surface area contributed by atoms with Crippen molar-refractivity contribution in [2.75, 3.05) is 14.2 Å². The molecule has 2 nitrogen and oxygen atoms in total. The van der Waals surface area contributed by atoms with E-state index in [4.69, 9.17) is 10.2 Å². The van der Waals surface area contributed by atoms with Crippen LogP contribution in [-0.2, 0) is 21.7 Å². The molecule has 3 heteroatoms.